The van der Waals surface area contributed by atoms with Crippen molar-refractivity contribution in [1.82, 2.24) is 5.32 Å². The maximum absolute atomic E-state index is 11.8. The molecule has 0 saturated heterocycles. The van der Waals surface area contributed by atoms with E-state index < -0.39 is 5.54 Å². The Balaban J connectivity index is 3.97. The third kappa shape index (κ3) is 7.27. The lowest BCUT2D eigenvalue weighted by molar-refractivity contribution is -0.148. The van der Waals surface area contributed by atoms with Gasteiger partial charge in [-0.15, -0.1) is 0 Å². The summed E-state index contributed by atoms with van der Waals surface area (Å²) in [5.41, 5.74) is -0.514. The van der Waals surface area contributed by atoms with Gasteiger partial charge in [-0.3, -0.25) is 4.79 Å². The third-order valence-corrected chi connectivity index (χ3v) is 4.24. The van der Waals surface area contributed by atoms with Crippen LogP contribution in [0.3, 0.4) is 0 Å². The van der Waals surface area contributed by atoms with Crippen molar-refractivity contribution in [3.8, 4) is 0 Å². The van der Waals surface area contributed by atoms with Gasteiger partial charge < -0.3 is 10.1 Å². The van der Waals surface area contributed by atoms with E-state index in [1.807, 2.05) is 18.7 Å². The van der Waals surface area contributed by atoms with E-state index in [1.165, 1.54) is 31.5 Å². The molecule has 1 atom stereocenters. The van der Waals surface area contributed by atoms with Gasteiger partial charge in [0.1, 0.15) is 5.54 Å². The molecule has 0 aliphatic heterocycles. The highest BCUT2D eigenvalue weighted by atomic mass is 32.2. The summed E-state index contributed by atoms with van der Waals surface area (Å²) in [5, 5.41) is 3.32. The molecule has 0 bridgehead atoms. The topological polar surface area (TPSA) is 38.3 Å². The highest BCUT2D eigenvalue weighted by Gasteiger charge is 2.32. The van der Waals surface area contributed by atoms with Gasteiger partial charge >= 0.3 is 5.97 Å². The maximum Gasteiger partial charge on any atom is 0.325 e. The van der Waals surface area contributed by atoms with Crippen molar-refractivity contribution in [3.63, 3.8) is 0 Å². The summed E-state index contributed by atoms with van der Waals surface area (Å²) in [6, 6.07) is 0. The second-order valence-electron chi connectivity index (χ2n) is 4.82. The fourth-order valence-electron chi connectivity index (χ4n) is 1.82. The van der Waals surface area contributed by atoms with Crippen molar-refractivity contribution in [3.05, 3.63) is 0 Å². The van der Waals surface area contributed by atoms with Crippen LogP contribution in [0.4, 0.5) is 0 Å². The molecule has 1 N–H and O–H groups in total. The molecule has 0 rings (SSSR count). The average molecular weight is 275 g/mol. The molecule has 0 aromatic rings. The average Bonchev–Trinajstić information content (AvgIpc) is 2.39. The van der Waals surface area contributed by atoms with Crippen LogP contribution < -0.4 is 5.32 Å². The molecule has 4 heteroatoms. The minimum atomic E-state index is -0.514. The Morgan fingerprint density at radius 1 is 1.22 bits per heavy atom. The molecule has 0 radical (unpaired) electrons. The van der Waals surface area contributed by atoms with E-state index in [4.69, 9.17) is 4.74 Å². The number of carbonyl (C=O) groups excluding carboxylic acids is 1. The quantitative estimate of drug-likeness (QED) is 0.464. The number of esters is 1. The van der Waals surface area contributed by atoms with Crippen LogP contribution in [0.15, 0.2) is 0 Å². The van der Waals surface area contributed by atoms with Crippen LogP contribution in [0.1, 0.15) is 52.9 Å². The Labute approximate surface area is 116 Å². The fraction of sp³-hybridized carbons (Fsp3) is 0.929. The summed E-state index contributed by atoms with van der Waals surface area (Å²) in [4.78, 5) is 11.8. The van der Waals surface area contributed by atoms with Gasteiger partial charge in [0.05, 0.1) is 7.11 Å². The van der Waals surface area contributed by atoms with Crippen molar-refractivity contribution in [2.75, 3.05) is 25.2 Å². The number of hydrogen-bond donors (Lipinski definition) is 1. The van der Waals surface area contributed by atoms with Crippen molar-refractivity contribution in [2.24, 2.45) is 0 Å². The lowest BCUT2D eigenvalue weighted by atomic mass is 9.95. The van der Waals surface area contributed by atoms with Crippen LogP contribution in [0, 0.1) is 0 Å². The fourth-order valence-corrected chi connectivity index (χ4v) is 2.72. The van der Waals surface area contributed by atoms with Crippen LogP contribution in [-0.2, 0) is 9.53 Å². The van der Waals surface area contributed by atoms with Gasteiger partial charge in [-0.25, -0.2) is 0 Å². The Kier molecular flexibility index (Phi) is 10.5. The van der Waals surface area contributed by atoms with Crippen molar-refractivity contribution in [2.45, 2.75) is 58.4 Å². The maximum atomic E-state index is 11.8. The minimum absolute atomic E-state index is 0.142. The van der Waals surface area contributed by atoms with E-state index in [0.717, 1.165) is 25.8 Å². The molecule has 0 aromatic heterocycles. The van der Waals surface area contributed by atoms with E-state index in [1.54, 1.807) is 0 Å². The molecule has 3 nitrogen and oxygen atoms in total. The summed E-state index contributed by atoms with van der Waals surface area (Å²) < 4.78 is 4.90. The van der Waals surface area contributed by atoms with E-state index in [-0.39, 0.29) is 5.97 Å². The molecular formula is C14H29NO2S. The monoisotopic (exact) mass is 275 g/mol. The van der Waals surface area contributed by atoms with Gasteiger partial charge in [0.15, 0.2) is 0 Å². The number of hydrogen-bond acceptors (Lipinski definition) is 4. The largest absolute Gasteiger partial charge is 0.468 e. The van der Waals surface area contributed by atoms with Gasteiger partial charge in [-0.05, 0) is 50.7 Å². The zero-order valence-corrected chi connectivity index (χ0v) is 13.2. The number of carbonyl (C=O) groups is 1. The molecule has 18 heavy (non-hydrogen) atoms. The van der Waals surface area contributed by atoms with Crippen LogP contribution in [0.25, 0.3) is 0 Å². The third-order valence-electron chi connectivity index (χ3n) is 2.96. The molecule has 0 saturated carbocycles. The highest BCUT2D eigenvalue weighted by Crippen LogP contribution is 2.17. The number of rotatable bonds is 11. The number of unbranched alkanes of at least 4 members (excludes halogenated alkanes) is 1. The second-order valence-corrected chi connectivity index (χ2v) is 6.04. The second kappa shape index (κ2) is 10.7. The molecule has 0 aliphatic rings. The molecule has 0 spiro atoms. The smallest absolute Gasteiger partial charge is 0.325 e. The van der Waals surface area contributed by atoms with Gasteiger partial charge in [0.25, 0.3) is 0 Å². The first kappa shape index (κ1) is 17.8. The molecule has 0 amide bonds. The number of methoxy groups -OCH3 is 1. The lowest BCUT2D eigenvalue weighted by Gasteiger charge is -2.28. The van der Waals surface area contributed by atoms with Crippen molar-refractivity contribution < 1.29 is 9.53 Å². The zero-order chi connectivity index (χ0) is 13.9. The lowest BCUT2D eigenvalue weighted by Crippen LogP contribution is -2.50. The van der Waals surface area contributed by atoms with Crippen LogP contribution in [-0.4, -0.2) is 36.7 Å². The van der Waals surface area contributed by atoms with Gasteiger partial charge in [0, 0.05) is 0 Å². The van der Waals surface area contributed by atoms with E-state index in [2.05, 4.69) is 19.2 Å². The molecule has 1 unspecified atom stereocenters. The van der Waals surface area contributed by atoms with Crippen molar-refractivity contribution in [1.29, 1.82) is 0 Å². The van der Waals surface area contributed by atoms with E-state index in [9.17, 15) is 4.79 Å². The minimum Gasteiger partial charge on any atom is -0.468 e. The van der Waals surface area contributed by atoms with Gasteiger partial charge in [-0.2, -0.15) is 11.8 Å². The van der Waals surface area contributed by atoms with Crippen LogP contribution in [0.2, 0.25) is 0 Å². The first-order valence-electron chi connectivity index (χ1n) is 7.02. The first-order chi connectivity index (χ1) is 8.60. The molecule has 0 aliphatic carbocycles. The Morgan fingerprint density at radius 3 is 2.50 bits per heavy atom. The predicted molar refractivity (Wildman–Crippen MR) is 80.2 cm³/mol. The number of nitrogens with one attached hydrogen (secondary N) is 1. The number of thioether (sulfide) groups is 1. The molecule has 0 fully saturated rings. The summed E-state index contributed by atoms with van der Waals surface area (Å²) in [7, 11) is 1.46. The SMILES string of the molecule is CCCNC(C)(CCCCSCCC)C(=O)OC. The Bertz CT molecular complexity index is 224. The molecule has 0 heterocycles. The summed E-state index contributed by atoms with van der Waals surface area (Å²) in [6.07, 6.45) is 5.36. The molecule has 0 aromatic carbocycles. The van der Waals surface area contributed by atoms with E-state index >= 15 is 0 Å². The Morgan fingerprint density at radius 2 is 1.94 bits per heavy atom. The normalized spacial score (nSPS) is 14.2. The molecular weight excluding hydrogens is 246 g/mol. The van der Waals surface area contributed by atoms with Crippen LogP contribution in [0.5, 0.6) is 0 Å². The Hall–Kier alpha value is -0.220. The predicted octanol–water partition coefficient (Wildman–Crippen LogP) is 3.23. The van der Waals surface area contributed by atoms with E-state index in [0.29, 0.717) is 0 Å². The highest BCUT2D eigenvalue weighted by molar-refractivity contribution is 7.99. The molecule has 108 valence electrons. The van der Waals surface area contributed by atoms with Crippen molar-refractivity contribution >= 4 is 17.7 Å². The first-order valence-corrected chi connectivity index (χ1v) is 8.17. The van der Waals surface area contributed by atoms with Gasteiger partial charge in [0.2, 0.25) is 0 Å². The summed E-state index contributed by atoms with van der Waals surface area (Å²) >= 11 is 2.00. The van der Waals surface area contributed by atoms with Crippen LogP contribution >= 0.6 is 11.8 Å². The number of ether oxygens (including phenoxy) is 1. The zero-order valence-electron chi connectivity index (χ0n) is 12.4. The standard InChI is InChI=1S/C14H29NO2S/c1-5-10-15-14(3,13(16)17-4)9-7-8-12-18-11-6-2/h15H,5-12H2,1-4H3. The summed E-state index contributed by atoms with van der Waals surface area (Å²) in [6.45, 7) is 7.12. The summed E-state index contributed by atoms with van der Waals surface area (Å²) in [5.74, 6) is 2.29. The van der Waals surface area contributed by atoms with Gasteiger partial charge in [-0.1, -0.05) is 20.3 Å².